The van der Waals surface area contributed by atoms with E-state index in [9.17, 15) is 19.3 Å². The van der Waals surface area contributed by atoms with Gasteiger partial charge in [0.15, 0.2) is 0 Å². The maximum Gasteiger partial charge on any atom is 0.404 e. The highest BCUT2D eigenvalue weighted by molar-refractivity contribution is 9.10. The minimum atomic E-state index is -0.607. The first kappa shape index (κ1) is 18.7. The van der Waals surface area contributed by atoms with Crippen molar-refractivity contribution in [2.75, 3.05) is 5.32 Å². The van der Waals surface area contributed by atoms with E-state index in [1.54, 1.807) is 24.4 Å². The summed E-state index contributed by atoms with van der Waals surface area (Å²) < 4.78 is 16.8. The average Bonchev–Trinajstić information content (AvgIpc) is 3.21. The van der Waals surface area contributed by atoms with E-state index in [-0.39, 0.29) is 41.5 Å². The van der Waals surface area contributed by atoms with Crippen molar-refractivity contribution in [3.63, 3.8) is 0 Å². The number of anilines is 1. The molecule has 3 rings (SSSR count). The zero-order valence-corrected chi connectivity index (χ0v) is 15.5. The maximum atomic E-state index is 13.7. The molecule has 3 aromatic rings. The van der Waals surface area contributed by atoms with E-state index in [4.69, 9.17) is 0 Å². The van der Waals surface area contributed by atoms with Crippen LogP contribution in [0.25, 0.3) is 0 Å². The van der Waals surface area contributed by atoms with E-state index in [0.29, 0.717) is 11.3 Å². The van der Waals surface area contributed by atoms with Crippen LogP contribution in [-0.2, 0) is 17.9 Å². The fraction of sp³-hybridized carbons (Fsp3) is 0.188. The number of aryl methyl sites for hydroxylation is 1. The first-order valence-corrected chi connectivity index (χ1v) is 8.64. The van der Waals surface area contributed by atoms with E-state index in [1.807, 2.05) is 0 Å². The first-order valence-electron chi connectivity index (χ1n) is 7.85. The zero-order chi connectivity index (χ0) is 19.4. The molecule has 27 heavy (non-hydrogen) atoms. The molecule has 0 saturated carbocycles. The maximum absolute atomic E-state index is 13.7. The SMILES string of the molecule is O=C(CCn1cc(Br)c([N+](=O)[O-])n1)Nc1cnn(Cc2ccccc2F)c1. The van der Waals surface area contributed by atoms with Gasteiger partial charge in [-0.05, 0) is 26.9 Å². The van der Waals surface area contributed by atoms with Crippen LogP contribution in [0.4, 0.5) is 15.9 Å². The van der Waals surface area contributed by atoms with Crippen LogP contribution < -0.4 is 5.32 Å². The molecule has 1 aromatic carbocycles. The summed E-state index contributed by atoms with van der Waals surface area (Å²) in [6.07, 6.45) is 4.58. The van der Waals surface area contributed by atoms with Gasteiger partial charge in [0, 0.05) is 18.2 Å². The number of nitrogens with one attached hydrogen (secondary N) is 1. The van der Waals surface area contributed by atoms with Crippen LogP contribution in [0, 0.1) is 15.9 Å². The number of carbonyl (C=O) groups is 1. The Labute approximate surface area is 161 Å². The lowest BCUT2D eigenvalue weighted by Gasteiger charge is -2.03. The second-order valence-electron chi connectivity index (χ2n) is 5.64. The number of amides is 1. The smallest absolute Gasteiger partial charge is 0.358 e. The molecule has 9 nitrogen and oxygen atoms in total. The second-order valence-corrected chi connectivity index (χ2v) is 6.49. The number of carbonyl (C=O) groups excluding carboxylic acids is 1. The van der Waals surface area contributed by atoms with Crippen LogP contribution in [-0.4, -0.2) is 30.4 Å². The molecule has 0 aliphatic carbocycles. The van der Waals surface area contributed by atoms with Crippen molar-refractivity contribution in [3.05, 3.63) is 68.8 Å². The molecule has 0 aliphatic heterocycles. The van der Waals surface area contributed by atoms with Crippen molar-refractivity contribution in [2.24, 2.45) is 0 Å². The van der Waals surface area contributed by atoms with Crippen LogP contribution in [0.15, 0.2) is 47.3 Å². The monoisotopic (exact) mass is 436 g/mol. The molecule has 0 bridgehead atoms. The topological polar surface area (TPSA) is 108 Å². The van der Waals surface area contributed by atoms with Gasteiger partial charge in [0.1, 0.15) is 10.3 Å². The van der Waals surface area contributed by atoms with Crippen molar-refractivity contribution >= 4 is 33.3 Å². The molecule has 0 spiro atoms. The normalized spacial score (nSPS) is 10.7. The van der Waals surface area contributed by atoms with Gasteiger partial charge in [-0.2, -0.15) is 9.78 Å². The molecule has 0 fully saturated rings. The predicted octanol–water partition coefficient (Wildman–Crippen LogP) is 2.97. The first-order chi connectivity index (χ1) is 12.9. The van der Waals surface area contributed by atoms with Crippen molar-refractivity contribution in [3.8, 4) is 0 Å². The number of hydrogen-bond acceptors (Lipinski definition) is 5. The summed E-state index contributed by atoms with van der Waals surface area (Å²) in [5.41, 5.74) is 0.966. The molecular weight excluding hydrogens is 423 g/mol. The van der Waals surface area contributed by atoms with Gasteiger partial charge in [-0.1, -0.05) is 18.2 Å². The van der Waals surface area contributed by atoms with Gasteiger partial charge in [-0.15, -0.1) is 0 Å². The lowest BCUT2D eigenvalue weighted by atomic mass is 10.2. The van der Waals surface area contributed by atoms with Crippen molar-refractivity contribution in [1.29, 1.82) is 0 Å². The zero-order valence-electron chi connectivity index (χ0n) is 13.9. The Bertz CT molecular complexity index is 986. The largest absolute Gasteiger partial charge is 0.404 e. The minimum Gasteiger partial charge on any atom is -0.358 e. The summed E-state index contributed by atoms with van der Waals surface area (Å²) in [5.74, 6) is -0.919. The number of aromatic nitrogens is 4. The molecule has 1 amide bonds. The summed E-state index contributed by atoms with van der Waals surface area (Å²) in [4.78, 5) is 22.2. The second kappa shape index (κ2) is 8.08. The Morgan fingerprint density at radius 1 is 1.30 bits per heavy atom. The molecule has 11 heteroatoms. The summed E-state index contributed by atoms with van der Waals surface area (Å²) in [5, 5.41) is 21.3. The molecule has 2 aromatic heterocycles. The predicted molar refractivity (Wildman–Crippen MR) is 97.6 cm³/mol. The van der Waals surface area contributed by atoms with E-state index < -0.39 is 4.92 Å². The number of hydrogen-bond donors (Lipinski definition) is 1. The van der Waals surface area contributed by atoms with Gasteiger partial charge in [0.2, 0.25) is 5.91 Å². The molecule has 140 valence electrons. The number of benzene rings is 1. The standard InChI is InChI=1S/C16H14BrFN6O3/c17-13-10-22(21-16(13)24(26)27)6-5-15(25)20-12-7-19-23(9-12)8-11-3-1-2-4-14(11)18/h1-4,7,9-10H,5-6,8H2,(H,20,25). The molecule has 0 aliphatic rings. The van der Waals surface area contributed by atoms with Gasteiger partial charge in [-0.25, -0.2) is 4.39 Å². The van der Waals surface area contributed by atoms with Crippen LogP contribution in [0.2, 0.25) is 0 Å². The van der Waals surface area contributed by atoms with Gasteiger partial charge in [0.25, 0.3) is 0 Å². The molecule has 0 radical (unpaired) electrons. The lowest BCUT2D eigenvalue weighted by molar-refractivity contribution is -0.390. The fourth-order valence-corrected chi connectivity index (χ4v) is 2.84. The highest BCUT2D eigenvalue weighted by atomic mass is 79.9. The third kappa shape index (κ3) is 4.76. The highest BCUT2D eigenvalue weighted by Gasteiger charge is 2.19. The van der Waals surface area contributed by atoms with Crippen LogP contribution in [0.1, 0.15) is 12.0 Å². The lowest BCUT2D eigenvalue weighted by Crippen LogP contribution is -2.14. The molecule has 0 atom stereocenters. The van der Waals surface area contributed by atoms with Gasteiger partial charge in [0.05, 0.1) is 36.3 Å². The van der Waals surface area contributed by atoms with E-state index in [1.165, 1.54) is 27.8 Å². The Kier molecular flexibility index (Phi) is 5.60. The Balaban J connectivity index is 1.54. The summed E-state index contributed by atoms with van der Waals surface area (Å²) >= 11 is 3.05. The molecule has 2 heterocycles. The summed E-state index contributed by atoms with van der Waals surface area (Å²) in [7, 11) is 0. The van der Waals surface area contributed by atoms with Gasteiger partial charge in [-0.3, -0.25) is 9.48 Å². The Morgan fingerprint density at radius 3 is 2.78 bits per heavy atom. The average molecular weight is 437 g/mol. The number of rotatable bonds is 7. The fourth-order valence-electron chi connectivity index (χ4n) is 2.38. The molecule has 0 saturated heterocycles. The summed E-state index contributed by atoms with van der Waals surface area (Å²) in [6.45, 7) is 0.426. The van der Waals surface area contributed by atoms with Crippen LogP contribution in [0.3, 0.4) is 0 Å². The van der Waals surface area contributed by atoms with E-state index >= 15 is 0 Å². The van der Waals surface area contributed by atoms with Crippen LogP contribution in [0.5, 0.6) is 0 Å². The van der Waals surface area contributed by atoms with Crippen LogP contribution >= 0.6 is 15.9 Å². The van der Waals surface area contributed by atoms with E-state index in [2.05, 4.69) is 31.4 Å². The molecule has 0 unspecified atom stereocenters. The third-order valence-electron chi connectivity index (χ3n) is 3.65. The highest BCUT2D eigenvalue weighted by Crippen LogP contribution is 2.22. The minimum absolute atomic E-state index is 0.0732. The van der Waals surface area contributed by atoms with Gasteiger partial charge >= 0.3 is 5.82 Å². The molecular formula is C16H14BrFN6O3. The Morgan fingerprint density at radius 2 is 2.07 bits per heavy atom. The number of nitrogens with zero attached hydrogens (tertiary/aromatic N) is 5. The van der Waals surface area contributed by atoms with E-state index in [0.717, 1.165) is 0 Å². The number of halogens is 2. The van der Waals surface area contributed by atoms with Gasteiger partial charge < -0.3 is 15.4 Å². The molecule has 1 N–H and O–H groups in total. The number of nitro groups is 1. The quantitative estimate of drug-likeness (QED) is 0.452. The van der Waals surface area contributed by atoms with Crippen molar-refractivity contribution < 1.29 is 14.1 Å². The Hall–Kier alpha value is -3.08. The summed E-state index contributed by atoms with van der Waals surface area (Å²) in [6, 6.07) is 6.39. The third-order valence-corrected chi connectivity index (χ3v) is 4.21. The van der Waals surface area contributed by atoms with Crippen molar-refractivity contribution in [2.45, 2.75) is 19.5 Å². The van der Waals surface area contributed by atoms with Crippen molar-refractivity contribution in [1.82, 2.24) is 19.6 Å².